The van der Waals surface area contributed by atoms with E-state index in [-0.39, 0.29) is 22.2 Å². The van der Waals surface area contributed by atoms with Crippen LogP contribution < -0.4 is 5.73 Å². The molecule has 1 heterocycles. The van der Waals surface area contributed by atoms with Gasteiger partial charge in [0.1, 0.15) is 17.7 Å². The van der Waals surface area contributed by atoms with Crippen LogP contribution in [0, 0.1) is 18.6 Å². The number of hydrogen-bond donors (Lipinski definition) is 1. The minimum atomic E-state index is -4.65. The summed E-state index contributed by atoms with van der Waals surface area (Å²) in [6.07, 6.45) is -4.65. The number of alkyl halides is 3. The van der Waals surface area contributed by atoms with Gasteiger partial charge in [-0.2, -0.15) is 13.2 Å². The third-order valence-corrected chi connectivity index (χ3v) is 3.16. The van der Waals surface area contributed by atoms with E-state index in [0.29, 0.717) is 6.07 Å². The van der Waals surface area contributed by atoms with Gasteiger partial charge in [-0.1, -0.05) is 0 Å². The number of nitrogens with two attached hydrogens (primary N) is 1. The van der Waals surface area contributed by atoms with Crippen LogP contribution in [0.1, 0.15) is 17.3 Å². The van der Waals surface area contributed by atoms with Crippen LogP contribution >= 0.6 is 0 Å². The Kier molecular flexibility index (Phi) is 3.04. The maximum atomic E-state index is 13.7. The van der Waals surface area contributed by atoms with E-state index in [9.17, 15) is 22.0 Å². The zero-order valence-corrected chi connectivity index (χ0v) is 10.1. The number of nitrogens with zero attached hydrogens (tertiary/aromatic N) is 1. The van der Waals surface area contributed by atoms with Crippen LogP contribution in [0.25, 0.3) is 10.9 Å². The smallest absolute Gasteiger partial charge is 0.343 e. The van der Waals surface area contributed by atoms with Crippen molar-refractivity contribution in [2.75, 3.05) is 0 Å². The average Bonchev–Trinajstić information content (AvgIpc) is 2.49. The standard InChI is InChI=1S/C12H11F5N2/c1-5-7-3-6(13)4-8(14)10(7)19(2)9(5)11(18)12(15,16)17/h3-4,11H,18H2,1-2H3/t11-/m1/s1. The van der Waals surface area contributed by atoms with Crippen molar-refractivity contribution in [3.8, 4) is 0 Å². The normalized spacial score (nSPS) is 14.1. The Morgan fingerprint density at radius 2 is 1.79 bits per heavy atom. The lowest BCUT2D eigenvalue weighted by molar-refractivity contribution is -0.150. The predicted molar refractivity (Wildman–Crippen MR) is 60.6 cm³/mol. The first-order valence-corrected chi connectivity index (χ1v) is 5.40. The molecule has 19 heavy (non-hydrogen) atoms. The number of fused-ring (bicyclic) bond motifs is 1. The summed E-state index contributed by atoms with van der Waals surface area (Å²) in [5.74, 6) is -1.76. The quantitative estimate of drug-likeness (QED) is 0.797. The molecule has 2 aromatic rings. The van der Waals surface area contributed by atoms with E-state index in [0.717, 1.165) is 10.6 Å². The molecule has 2 nitrogen and oxygen atoms in total. The largest absolute Gasteiger partial charge is 0.409 e. The van der Waals surface area contributed by atoms with Gasteiger partial charge < -0.3 is 10.3 Å². The fourth-order valence-corrected chi connectivity index (χ4v) is 2.30. The third kappa shape index (κ3) is 2.07. The van der Waals surface area contributed by atoms with Gasteiger partial charge in [0.05, 0.1) is 5.52 Å². The monoisotopic (exact) mass is 278 g/mol. The zero-order valence-electron chi connectivity index (χ0n) is 10.1. The Morgan fingerprint density at radius 1 is 1.21 bits per heavy atom. The summed E-state index contributed by atoms with van der Waals surface area (Å²) in [5, 5.41) is 0.0923. The highest BCUT2D eigenvalue weighted by Crippen LogP contribution is 2.37. The number of hydrogen-bond acceptors (Lipinski definition) is 1. The molecule has 0 aliphatic carbocycles. The number of rotatable bonds is 1. The fourth-order valence-electron chi connectivity index (χ4n) is 2.30. The Bertz CT molecular complexity index is 642. The van der Waals surface area contributed by atoms with Crippen LogP contribution in [0.2, 0.25) is 0 Å². The lowest BCUT2D eigenvalue weighted by atomic mass is 10.1. The van der Waals surface area contributed by atoms with Crippen LogP contribution in [0.15, 0.2) is 12.1 Å². The Balaban J connectivity index is 2.81. The van der Waals surface area contributed by atoms with Crippen LogP contribution in [-0.4, -0.2) is 10.7 Å². The van der Waals surface area contributed by atoms with Gasteiger partial charge in [0, 0.05) is 24.2 Å². The second-order valence-electron chi connectivity index (χ2n) is 4.37. The summed E-state index contributed by atoms with van der Waals surface area (Å²) in [6, 6.07) is -0.613. The Morgan fingerprint density at radius 3 is 2.32 bits per heavy atom. The van der Waals surface area contributed by atoms with E-state index >= 15 is 0 Å². The van der Waals surface area contributed by atoms with Gasteiger partial charge in [0.25, 0.3) is 0 Å². The van der Waals surface area contributed by atoms with Gasteiger partial charge in [-0.25, -0.2) is 8.78 Å². The van der Waals surface area contributed by atoms with E-state index in [2.05, 4.69) is 0 Å². The number of aromatic nitrogens is 1. The first kappa shape index (κ1) is 13.8. The minimum absolute atomic E-state index is 0.0893. The summed E-state index contributed by atoms with van der Waals surface area (Å²) in [4.78, 5) is 0. The van der Waals surface area contributed by atoms with Gasteiger partial charge in [0.2, 0.25) is 0 Å². The average molecular weight is 278 g/mol. The molecular weight excluding hydrogens is 267 g/mol. The van der Waals surface area contributed by atoms with Crippen LogP contribution in [-0.2, 0) is 7.05 Å². The molecule has 104 valence electrons. The van der Waals surface area contributed by atoms with Crippen LogP contribution in [0.3, 0.4) is 0 Å². The highest BCUT2D eigenvalue weighted by Gasteiger charge is 2.41. The number of aryl methyl sites for hydroxylation is 2. The highest BCUT2D eigenvalue weighted by atomic mass is 19.4. The fraction of sp³-hybridized carbons (Fsp3) is 0.333. The van der Waals surface area contributed by atoms with E-state index in [1.54, 1.807) is 0 Å². The van der Waals surface area contributed by atoms with Crippen molar-refractivity contribution in [2.45, 2.75) is 19.1 Å². The molecule has 0 saturated heterocycles. The molecule has 1 aromatic heterocycles. The zero-order chi connectivity index (χ0) is 14.5. The van der Waals surface area contributed by atoms with Crippen molar-refractivity contribution >= 4 is 10.9 Å². The Labute approximate surface area is 105 Å². The van der Waals surface area contributed by atoms with Gasteiger partial charge in [0.15, 0.2) is 0 Å². The van der Waals surface area contributed by atoms with Crippen LogP contribution in [0.5, 0.6) is 0 Å². The molecule has 2 rings (SSSR count). The van der Waals surface area contributed by atoms with Crippen molar-refractivity contribution in [1.82, 2.24) is 4.57 Å². The predicted octanol–water partition coefficient (Wildman–Crippen LogP) is 3.33. The second kappa shape index (κ2) is 4.19. The van der Waals surface area contributed by atoms with Crippen molar-refractivity contribution in [3.63, 3.8) is 0 Å². The molecule has 0 aliphatic rings. The molecule has 2 N–H and O–H groups in total. The molecule has 0 radical (unpaired) electrons. The summed E-state index contributed by atoms with van der Waals surface area (Å²) in [5.41, 5.74) is 4.93. The third-order valence-electron chi connectivity index (χ3n) is 3.16. The van der Waals surface area contributed by atoms with Crippen molar-refractivity contribution in [2.24, 2.45) is 12.8 Å². The summed E-state index contributed by atoms with van der Waals surface area (Å²) in [6.45, 7) is 1.36. The molecule has 0 bridgehead atoms. The summed E-state index contributed by atoms with van der Waals surface area (Å²) < 4.78 is 65.9. The highest BCUT2D eigenvalue weighted by molar-refractivity contribution is 5.86. The molecule has 0 fully saturated rings. The van der Waals surface area contributed by atoms with E-state index in [1.165, 1.54) is 14.0 Å². The molecule has 1 atom stereocenters. The van der Waals surface area contributed by atoms with E-state index < -0.39 is 23.9 Å². The second-order valence-corrected chi connectivity index (χ2v) is 4.37. The van der Waals surface area contributed by atoms with Gasteiger partial charge >= 0.3 is 6.18 Å². The Hall–Kier alpha value is -1.63. The molecule has 7 heteroatoms. The summed E-state index contributed by atoms with van der Waals surface area (Å²) >= 11 is 0. The van der Waals surface area contributed by atoms with E-state index in [1.807, 2.05) is 0 Å². The maximum Gasteiger partial charge on any atom is 0.409 e. The topological polar surface area (TPSA) is 30.9 Å². The van der Waals surface area contributed by atoms with Crippen molar-refractivity contribution < 1.29 is 22.0 Å². The first-order chi connectivity index (χ1) is 8.64. The SMILES string of the molecule is Cc1c([C@@H](N)C(F)(F)F)n(C)c2c(F)cc(F)cc12. The lowest BCUT2D eigenvalue weighted by Crippen LogP contribution is -2.30. The number of benzene rings is 1. The van der Waals surface area contributed by atoms with Crippen molar-refractivity contribution in [3.05, 3.63) is 35.0 Å². The minimum Gasteiger partial charge on any atom is -0.343 e. The lowest BCUT2D eigenvalue weighted by Gasteiger charge is -2.17. The van der Waals surface area contributed by atoms with Gasteiger partial charge in [-0.05, 0) is 18.6 Å². The first-order valence-electron chi connectivity index (χ1n) is 5.40. The molecular formula is C12H11F5N2. The van der Waals surface area contributed by atoms with Crippen molar-refractivity contribution in [1.29, 1.82) is 0 Å². The van der Waals surface area contributed by atoms with Crippen LogP contribution in [0.4, 0.5) is 22.0 Å². The molecule has 0 saturated carbocycles. The molecule has 0 unspecified atom stereocenters. The molecule has 0 aliphatic heterocycles. The van der Waals surface area contributed by atoms with Gasteiger partial charge in [-0.3, -0.25) is 0 Å². The summed E-state index contributed by atoms with van der Waals surface area (Å²) in [7, 11) is 1.28. The molecule has 0 amide bonds. The molecule has 0 spiro atoms. The molecule has 1 aromatic carbocycles. The maximum absolute atomic E-state index is 13.7. The number of halogens is 5. The van der Waals surface area contributed by atoms with E-state index in [4.69, 9.17) is 5.73 Å². The van der Waals surface area contributed by atoms with Gasteiger partial charge in [-0.15, -0.1) is 0 Å².